The van der Waals surface area contributed by atoms with Crippen LogP contribution in [0.5, 0.6) is 0 Å². The Morgan fingerprint density at radius 1 is 1.47 bits per heavy atom. The van der Waals surface area contributed by atoms with Crippen molar-refractivity contribution in [1.82, 2.24) is 10.2 Å². The highest BCUT2D eigenvalue weighted by atomic mass is 16.4. The van der Waals surface area contributed by atoms with Crippen LogP contribution in [0, 0.1) is 5.92 Å². The van der Waals surface area contributed by atoms with E-state index in [0.29, 0.717) is 18.5 Å². The number of amides is 1. The standard InChI is InChI=1S/C12H22N2O3/c1-9(2)6-10-4-3-5-14(10)8-11(15)13-7-12(16)17/h9-10H,3-8H2,1-2H3,(H,13,15)(H,16,17). The molecule has 0 aromatic rings. The predicted molar refractivity (Wildman–Crippen MR) is 64.7 cm³/mol. The molecule has 1 aliphatic heterocycles. The van der Waals surface area contributed by atoms with Crippen molar-refractivity contribution in [3.05, 3.63) is 0 Å². The fraction of sp³-hybridized carbons (Fsp3) is 0.833. The van der Waals surface area contributed by atoms with Crippen molar-refractivity contribution in [2.45, 2.75) is 39.2 Å². The summed E-state index contributed by atoms with van der Waals surface area (Å²) >= 11 is 0. The van der Waals surface area contributed by atoms with Gasteiger partial charge in [-0.1, -0.05) is 13.8 Å². The van der Waals surface area contributed by atoms with Crippen molar-refractivity contribution in [3.63, 3.8) is 0 Å². The Labute approximate surface area is 102 Å². The molecule has 17 heavy (non-hydrogen) atoms. The Morgan fingerprint density at radius 2 is 2.18 bits per heavy atom. The average molecular weight is 242 g/mol. The van der Waals surface area contributed by atoms with Crippen LogP contribution in [0.1, 0.15) is 33.1 Å². The molecular weight excluding hydrogens is 220 g/mol. The van der Waals surface area contributed by atoms with Crippen LogP contribution >= 0.6 is 0 Å². The van der Waals surface area contributed by atoms with Gasteiger partial charge in [-0.05, 0) is 31.7 Å². The lowest BCUT2D eigenvalue weighted by Crippen LogP contribution is -2.41. The zero-order valence-corrected chi connectivity index (χ0v) is 10.6. The zero-order valence-electron chi connectivity index (χ0n) is 10.6. The monoisotopic (exact) mass is 242 g/mol. The van der Waals surface area contributed by atoms with Crippen molar-refractivity contribution in [3.8, 4) is 0 Å². The van der Waals surface area contributed by atoms with Crippen molar-refractivity contribution in [1.29, 1.82) is 0 Å². The van der Waals surface area contributed by atoms with Crippen LogP contribution < -0.4 is 5.32 Å². The molecular formula is C12H22N2O3. The molecule has 0 aliphatic carbocycles. The molecule has 1 fully saturated rings. The van der Waals surface area contributed by atoms with E-state index in [9.17, 15) is 9.59 Å². The van der Waals surface area contributed by atoms with Gasteiger partial charge in [-0.15, -0.1) is 0 Å². The Morgan fingerprint density at radius 3 is 2.76 bits per heavy atom. The molecule has 0 bridgehead atoms. The maximum atomic E-state index is 11.5. The second-order valence-electron chi connectivity index (χ2n) is 5.07. The van der Waals surface area contributed by atoms with Gasteiger partial charge in [-0.2, -0.15) is 0 Å². The summed E-state index contributed by atoms with van der Waals surface area (Å²) in [4.78, 5) is 24.0. The number of hydrogen-bond acceptors (Lipinski definition) is 3. The lowest BCUT2D eigenvalue weighted by atomic mass is 10.0. The minimum atomic E-state index is -1.00. The molecule has 0 aromatic heterocycles. The van der Waals surface area contributed by atoms with Crippen LogP contribution in [0.25, 0.3) is 0 Å². The average Bonchev–Trinajstić information content (AvgIpc) is 2.62. The third-order valence-corrected chi connectivity index (χ3v) is 3.03. The summed E-state index contributed by atoms with van der Waals surface area (Å²) in [6.07, 6.45) is 3.38. The third-order valence-electron chi connectivity index (χ3n) is 3.03. The summed E-state index contributed by atoms with van der Waals surface area (Å²) in [5, 5.41) is 10.9. The van der Waals surface area contributed by atoms with Crippen molar-refractivity contribution in [2.24, 2.45) is 5.92 Å². The van der Waals surface area contributed by atoms with E-state index < -0.39 is 5.97 Å². The maximum absolute atomic E-state index is 11.5. The number of carboxylic acids is 1. The fourth-order valence-corrected chi connectivity index (χ4v) is 2.33. The molecule has 2 N–H and O–H groups in total. The first-order valence-corrected chi connectivity index (χ1v) is 6.21. The largest absolute Gasteiger partial charge is 0.480 e. The molecule has 5 heteroatoms. The Balaban J connectivity index is 2.33. The number of nitrogens with one attached hydrogen (secondary N) is 1. The van der Waals surface area contributed by atoms with Crippen LogP contribution in [0.4, 0.5) is 0 Å². The van der Waals surface area contributed by atoms with Crippen LogP contribution in [-0.4, -0.2) is 47.6 Å². The molecule has 0 aromatic carbocycles. The zero-order chi connectivity index (χ0) is 12.8. The number of aliphatic carboxylic acids is 1. The molecule has 1 rings (SSSR count). The quantitative estimate of drug-likeness (QED) is 0.719. The maximum Gasteiger partial charge on any atom is 0.322 e. The molecule has 1 heterocycles. The van der Waals surface area contributed by atoms with E-state index in [4.69, 9.17) is 5.11 Å². The Bertz CT molecular complexity index is 279. The first kappa shape index (κ1) is 14.0. The molecule has 0 spiro atoms. The van der Waals surface area contributed by atoms with Gasteiger partial charge in [0.25, 0.3) is 0 Å². The van der Waals surface area contributed by atoms with E-state index in [1.165, 1.54) is 0 Å². The highest BCUT2D eigenvalue weighted by Crippen LogP contribution is 2.22. The van der Waals surface area contributed by atoms with Gasteiger partial charge in [0, 0.05) is 6.04 Å². The highest BCUT2D eigenvalue weighted by molar-refractivity contribution is 5.82. The van der Waals surface area contributed by atoms with E-state index in [1.807, 2.05) is 0 Å². The molecule has 0 radical (unpaired) electrons. The molecule has 1 amide bonds. The summed E-state index contributed by atoms with van der Waals surface area (Å²) in [7, 11) is 0. The summed E-state index contributed by atoms with van der Waals surface area (Å²) in [6.45, 7) is 5.34. The number of carbonyl (C=O) groups is 2. The number of likely N-dealkylation sites (tertiary alicyclic amines) is 1. The first-order valence-electron chi connectivity index (χ1n) is 6.21. The minimum absolute atomic E-state index is 0.192. The lowest BCUT2D eigenvalue weighted by molar-refractivity contribution is -0.138. The topological polar surface area (TPSA) is 69.6 Å². The number of carbonyl (C=O) groups excluding carboxylic acids is 1. The Kier molecular flexibility index (Phi) is 5.41. The molecule has 1 aliphatic rings. The number of rotatable bonds is 6. The van der Waals surface area contributed by atoms with Crippen molar-refractivity contribution in [2.75, 3.05) is 19.6 Å². The highest BCUT2D eigenvalue weighted by Gasteiger charge is 2.26. The van der Waals surface area contributed by atoms with E-state index in [-0.39, 0.29) is 12.5 Å². The van der Waals surface area contributed by atoms with Gasteiger partial charge in [0.2, 0.25) is 5.91 Å². The first-order chi connectivity index (χ1) is 7.99. The smallest absolute Gasteiger partial charge is 0.322 e. The van der Waals surface area contributed by atoms with Gasteiger partial charge in [0.15, 0.2) is 0 Å². The van der Waals surface area contributed by atoms with Crippen LogP contribution in [0.15, 0.2) is 0 Å². The number of nitrogens with zero attached hydrogens (tertiary/aromatic N) is 1. The van der Waals surface area contributed by atoms with Gasteiger partial charge >= 0.3 is 5.97 Å². The van der Waals surface area contributed by atoms with E-state index >= 15 is 0 Å². The summed E-state index contributed by atoms with van der Waals surface area (Å²) < 4.78 is 0. The second kappa shape index (κ2) is 6.59. The summed E-state index contributed by atoms with van der Waals surface area (Å²) in [5.74, 6) is -0.566. The Hall–Kier alpha value is -1.10. The summed E-state index contributed by atoms with van der Waals surface area (Å²) in [5.41, 5.74) is 0. The van der Waals surface area contributed by atoms with Gasteiger partial charge in [-0.25, -0.2) is 0 Å². The fourth-order valence-electron chi connectivity index (χ4n) is 2.33. The molecule has 1 saturated heterocycles. The van der Waals surface area contributed by atoms with E-state index in [1.54, 1.807) is 0 Å². The third kappa shape index (κ3) is 5.17. The molecule has 5 nitrogen and oxygen atoms in total. The van der Waals surface area contributed by atoms with Crippen molar-refractivity contribution >= 4 is 11.9 Å². The molecule has 1 unspecified atom stereocenters. The van der Waals surface area contributed by atoms with Crippen molar-refractivity contribution < 1.29 is 14.7 Å². The molecule has 1 atom stereocenters. The SMILES string of the molecule is CC(C)CC1CCCN1CC(=O)NCC(=O)O. The van der Waals surface area contributed by atoms with Crippen LogP contribution in [-0.2, 0) is 9.59 Å². The number of carboxylic acid groups (broad SMARTS) is 1. The van der Waals surface area contributed by atoms with E-state index in [2.05, 4.69) is 24.1 Å². The normalized spacial score (nSPS) is 20.8. The van der Waals surface area contributed by atoms with Gasteiger partial charge in [0.05, 0.1) is 6.54 Å². The predicted octanol–water partition coefficient (Wildman–Crippen LogP) is 0.698. The van der Waals surface area contributed by atoms with Crippen LogP contribution in [0.3, 0.4) is 0 Å². The molecule has 0 saturated carbocycles. The van der Waals surface area contributed by atoms with Crippen LogP contribution in [0.2, 0.25) is 0 Å². The number of hydrogen-bond donors (Lipinski definition) is 2. The minimum Gasteiger partial charge on any atom is -0.480 e. The van der Waals surface area contributed by atoms with Gasteiger partial charge in [0.1, 0.15) is 6.54 Å². The van der Waals surface area contributed by atoms with Gasteiger partial charge < -0.3 is 10.4 Å². The lowest BCUT2D eigenvalue weighted by Gasteiger charge is -2.25. The summed E-state index contributed by atoms with van der Waals surface area (Å²) in [6, 6.07) is 0.477. The second-order valence-corrected chi connectivity index (χ2v) is 5.07. The van der Waals surface area contributed by atoms with E-state index in [0.717, 1.165) is 25.8 Å². The van der Waals surface area contributed by atoms with Gasteiger partial charge in [-0.3, -0.25) is 14.5 Å². The molecule has 98 valence electrons.